The zero-order valence-electron chi connectivity index (χ0n) is 16.1. The summed E-state index contributed by atoms with van der Waals surface area (Å²) in [5.41, 5.74) is 6.70. The van der Waals surface area contributed by atoms with Gasteiger partial charge in [-0.05, 0) is 42.7 Å². The van der Waals surface area contributed by atoms with E-state index in [0.717, 1.165) is 5.56 Å². The summed E-state index contributed by atoms with van der Waals surface area (Å²) in [6.07, 6.45) is 1.38. The maximum absolute atomic E-state index is 12.3. The Morgan fingerprint density at radius 3 is 2.45 bits per heavy atom. The molecule has 1 fully saturated rings. The Labute approximate surface area is 169 Å². The van der Waals surface area contributed by atoms with Gasteiger partial charge in [0.25, 0.3) is 5.91 Å². The largest absolute Gasteiger partial charge is 0.489 e. The van der Waals surface area contributed by atoms with Gasteiger partial charge in [0.05, 0.1) is 11.5 Å². The number of benzene rings is 2. The number of nitrogens with zero attached hydrogens (tertiary/aromatic N) is 1. The first-order valence-corrected chi connectivity index (χ1v) is 9.54. The zero-order valence-corrected chi connectivity index (χ0v) is 16.1. The van der Waals surface area contributed by atoms with Crippen LogP contribution in [0.2, 0.25) is 0 Å². The summed E-state index contributed by atoms with van der Waals surface area (Å²) in [6, 6.07) is 16.3. The SMILES string of the molecule is NC(=O)[C@@H]1CCCN(C(=O)COC(=O)c2ccc(OCc3ccccc3)cc2)C1. The van der Waals surface area contributed by atoms with E-state index in [-0.39, 0.29) is 25.0 Å². The second kappa shape index (κ2) is 9.73. The van der Waals surface area contributed by atoms with Crippen LogP contribution in [0.1, 0.15) is 28.8 Å². The van der Waals surface area contributed by atoms with E-state index in [2.05, 4.69) is 0 Å². The predicted molar refractivity (Wildman–Crippen MR) is 106 cm³/mol. The molecule has 0 unspecified atom stereocenters. The van der Waals surface area contributed by atoms with Crippen LogP contribution in [0.25, 0.3) is 0 Å². The molecule has 0 aliphatic carbocycles. The van der Waals surface area contributed by atoms with E-state index in [1.807, 2.05) is 30.3 Å². The lowest BCUT2D eigenvalue weighted by atomic mass is 9.97. The van der Waals surface area contributed by atoms with Crippen molar-refractivity contribution in [1.29, 1.82) is 0 Å². The van der Waals surface area contributed by atoms with Gasteiger partial charge >= 0.3 is 5.97 Å². The molecule has 2 amide bonds. The molecule has 0 bridgehead atoms. The third-order valence-corrected chi connectivity index (χ3v) is 4.84. The van der Waals surface area contributed by atoms with Crippen molar-refractivity contribution in [2.75, 3.05) is 19.7 Å². The summed E-state index contributed by atoms with van der Waals surface area (Å²) in [4.78, 5) is 37.3. The van der Waals surface area contributed by atoms with Crippen LogP contribution in [-0.4, -0.2) is 42.4 Å². The van der Waals surface area contributed by atoms with Gasteiger partial charge in [-0.15, -0.1) is 0 Å². The van der Waals surface area contributed by atoms with E-state index < -0.39 is 11.9 Å². The Morgan fingerprint density at radius 1 is 1.03 bits per heavy atom. The molecule has 0 saturated carbocycles. The van der Waals surface area contributed by atoms with Gasteiger partial charge < -0.3 is 20.1 Å². The molecule has 7 heteroatoms. The molecule has 2 aromatic rings. The normalized spacial score (nSPS) is 16.1. The van der Waals surface area contributed by atoms with Crippen molar-refractivity contribution < 1.29 is 23.9 Å². The number of amides is 2. The number of ether oxygens (including phenoxy) is 2. The maximum Gasteiger partial charge on any atom is 0.338 e. The van der Waals surface area contributed by atoms with Crippen LogP contribution in [-0.2, 0) is 20.9 Å². The standard InChI is InChI=1S/C22H24N2O5/c23-21(26)18-7-4-12-24(13-18)20(25)15-29-22(27)17-8-10-19(11-9-17)28-14-16-5-2-1-3-6-16/h1-3,5-6,8-11,18H,4,7,12-15H2,(H2,23,26)/t18-/m1/s1. The Hall–Kier alpha value is -3.35. The minimum atomic E-state index is -0.587. The molecule has 1 aliphatic rings. The minimum absolute atomic E-state index is 0.277. The molecule has 29 heavy (non-hydrogen) atoms. The van der Waals surface area contributed by atoms with Crippen LogP contribution >= 0.6 is 0 Å². The molecule has 1 heterocycles. The number of hydrogen-bond acceptors (Lipinski definition) is 5. The molecule has 1 aliphatic heterocycles. The zero-order chi connectivity index (χ0) is 20.6. The molecule has 7 nitrogen and oxygen atoms in total. The van der Waals surface area contributed by atoms with Crippen LogP contribution in [0.3, 0.4) is 0 Å². The molecule has 3 rings (SSSR count). The fourth-order valence-corrected chi connectivity index (χ4v) is 3.17. The van der Waals surface area contributed by atoms with E-state index >= 15 is 0 Å². The summed E-state index contributed by atoms with van der Waals surface area (Å²) in [6.45, 7) is 0.880. The van der Waals surface area contributed by atoms with Crippen molar-refractivity contribution in [3.63, 3.8) is 0 Å². The number of esters is 1. The first kappa shape index (κ1) is 20.4. The number of primary amides is 1. The molecular weight excluding hydrogens is 372 g/mol. The summed E-state index contributed by atoms with van der Waals surface area (Å²) in [7, 11) is 0. The Morgan fingerprint density at radius 2 is 1.76 bits per heavy atom. The predicted octanol–water partition coefficient (Wildman–Crippen LogP) is 2.15. The lowest BCUT2D eigenvalue weighted by Gasteiger charge is -2.31. The summed E-state index contributed by atoms with van der Waals surface area (Å²) in [5, 5.41) is 0. The second-order valence-corrected chi connectivity index (χ2v) is 6.96. The van der Waals surface area contributed by atoms with Gasteiger partial charge in [-0.3, -0.25) is 9.59 Å². The van der Waals surface area contributed by atoms with E-state index in [1.165, 1.54) is 4.90 Å². The average molecular weight is 396 g/mol. The summed E-state index contributed by atoms with van der Waals surface area (Å²) in [5.74, 6) is -1.03. The highest BCUT2D eigenvalue weighted by molar-refractivity contribution is 5.91. The molecule has 0 aromatic heterocycles. The van der Waals surface area contributed by atoms with E-state index in [9.17, 15) is 14.4 Å². The number of likely N-dealkylation sites (tertiary alicyclic amines) is 1. The number of rotatable bonds is 7. The molecule has 0 radical (unpaired) electrons. The van der Waals surface area contributed by atoms with Crippen molar-refractivity contribution >= 4 is 17.8 Å². The van der Waals surface area contributed by atoms with Crippen molar-refractivity contribution in [2.45, 2.75) is 19.4 Å². The minimum Gasteiger partial charge on any atom is -0.489 e. The van der Waals surface area contributed by atoms with Crippen molar-refractivity contribution in [3.05, 3.63) is 65.7 Å². The number of carbonyl (C=O) groups excluding carboxylic acids is 3. The lowest BCUT2D eigenvalue weighted by molar-refractivity contribution is -0.137. The van der Waals surface area contributed by atoms with Crippen molar-refractivity contribution in [2.24, 2.45) is 11.7 Å². The summed E-state index contributed by atoms with van der Waals surface area (Å²) < 4.78 is 10.8. The molecule has 1 atom stereocenters. The van der Waals surface area contributed by atoms with Gasteiger partial charge in [0, 0.05) is 13.1 Å². The van der Waals surface area contributed by atoms with Gasteiger partial charge in [-0.25, -0.2) is 4.79 Å². The molecule has 2 N–H and O–H groups in total. The van der Waals surface area contributed by atoms with Crippen LogP contribution in [0.15, 0.2) is 54.6 Å². The first-order chi connectivity index (χ1) is 14.0. The average Bonchev–Trinajstić information content (AvgIpc) is 2.77. The van der Waals surface area contributed by atoms with Crippen LogP contribution in [0.5, 0.6) is 5.75 Å². The second-order valence-electron chi connectivity index (χ2n) is 6.96. The van der Waals surface area contributed by atoms with Crippen molar-refractivity contribution in [3.8, 4) is 5.75 Å². The highest BCUT2D eigenvalue weighted by atomic mass is 16.5. The highest BCUT2D eigenvalue weighted by Crippen LogP contribution is 2.17. The quantitative estimate of drug-likeness (QED) is 0.723. The monoisotopic (exact) mass is 396 g/mol. The fourth-order valence-electron chi connectivity index (χ4n) is 3.17. The topological polar surface area (TPSA) is 98.9 Å². The van der Waals surface area contributed by atoms with E-state index in [1.54, 1.807) is 24.3 Å². The van der Waals surface area contributed by atoms with E-state index in [4.69, 9.17) is 15.2 Å². The number of piperidine rings is 1. The van der Waals surface area contributed by atoms with Gasteiger partial charge in [-0.1, -0.05) is 30.3 Å². The van der Waals surface area contributed by atoms with Crippen LogP contribution in [0, 0.1) is 5.92 Å². The lowest BCUT2D eigenvalue weighted by Crippen LogP contribution is -2.45. The molecule has 1 saturated heterocycles. The van der Waals surface area contributed by atoms with Gasteiger partial charge in [-0.2, -0.15) is 0 Å². The highest BCUT2D eigenvalue weighted by Gasteiger charge is 2.27. The number of hydrogen-bond donors (Lipinski definition) is 1. The Kier molecular flexibility index (Phi) is 6.84. The summed E-state index contributed by atoms with van der Waals surface area (Å²) >= 11 is 0. The fraction of sp³-hybridized carbons (Fsp3) is 0.318. The van der Waals surface area contributed by atoms with Crippen molar-refractivity contribution in [1.82, 2.24) is 4.90 Å². The molecule has 2 aromatic carbocycles. The first-order valence-electron chi connectivity index (χ1n) is 9.54. The van der Waals surface area contributed by atoms with E-state index in [0.29, 0.717) is 37.3 Å². The van der Waals surface area contributed by atoms with Crippen LogP contribution < -0.4 is 10.5 Å². The maximum atomic E-state index is 12.3. The number of nitrogens with two attached hydrogens (primary N) is 1. The van der Waals surface area contributed by atoms with Gasteiger partial charge in [0.15, 0.2) is 6.61 Å². The third-order valence-electron chi connectivity index (χ3n) is 4.84. The Balaban J connectivity index is 1.46. The third kappa shape index (κ3) is 5.81. The van der Waals surface area contributed by atoms with Crippen LogP contribution in [0.4, 0.5) is 0 Å². The molecular formula is C22H24N2O5. The molecule has 152 valence electrons. The smallest absolute Gasteiger partial charge is 0.338 e. The Bertz CT molecular complexity index is 851. The van der Waals surface area contributed by atoms with Gasteiger partial charge in [0.2, 0.25) is 5.91 Å². The molecule has 0 spiro atoms. The number of carbonyl (C=O) groups is 3. The van der Waals surface area contributed by atoms with Gasteiger partial charge in [0.1, 0.15) is 12.4 Å².